The Labute approximate surface area is 87.0 Å². The minimum Gasteiger partial charge on any atom is -0.457 e. The van der Waals surface area contributed by atoms with Crippen molar-refractivity contribution in [2.75, 3.05) is 20.3 Å². The number of furan rings is 1. The molecule has 0 aliphatic carbocycles. The van der Waals surface area contributed by atoms with Crippen LogP contribution < -0.4 is 0 Å². The number of esters is 1. The average Bonchev–Trinajstić information content (AvgIpc) is 2.66. The van der Waals surface area contributed by atoms with Gasteiger partial charge in [0.2, 0.25) is 5.76 Å². The molecule has 1 heterocycles. The standard InChI is InChI=1S/C10H12O5/c1-7(11)8-3-4-9(15-8)10(12)14-6-5-13-2/h3-4H,5-6H2,1-2H3. The van der Waals surface area contributed by atoms with E-state index in [1.165, 1.54) is 26.2 Å². The quantitative estimate of drug-likeness (QED) is 0.418. The fourth-order valence-electron chi connectivity index (χ4n) is 0.926. The number of hydrogen-bond donors (Lipinski definition) is 0. The molecule has 0 saturated heterocycles. The molecule has 0 aliphatic heterocycles. The lowest BCUT2D eigenvalue weighted by atomic mass is 10.3. The van der Waals surface area contributed by atoms with Gasteiger partial charge in [-0.1, -0.05) is 0 Å². The molecule has 0 aromatic carbocycles. The van der Waals surface area contributed by atoms with Crippen molar-refractivity contribution >= 4 is 11.8 Å². The van der Waals surface area contributed by atoms with Gasteiger partial charge >= 0.3 is 5.97 Å². The van der Waals surface area contributed by atoms with Crippen molar-refractivity contribution in [3.8, 4) is 0 Å². The molecule has 0 unspecified atom stereocenters. The molecule has 0 aliphatic rings. The number of hydrogen-bond acceptors (Lipinski definition) is 5. The topological polar surface area (TPSA) is 65.7 Å². The van der Waals surface area contributed by atoms with Crippen LogP contribution >= 0.6 is 0 Å². The average molecular weight is 212 g/mol. The molecule has 0 fully saturated rings. The summed E-state index contributed by atoms with van der Waals surface area (Å²) in [7, 11) is 1.51. The van der Waals surface area contributed by atoms with Gasteiger partial charge in [-0.25, -0.2) is 4.79 Å². The summed E-state index contributed by atoms with van der Waals surface area (Å²) in [6, 6.07) is 2.85. The molecule has 0 saturated carbocycles. The first-order valence-electron chi connectivity index (χ1n) is 4.42. The van der Waals surface area contributed by atoms with Crippen LogP contribution in [-0.4, -0.2) is 32.1 Å². The van der Waals surface area contributed by atoms with Crippen LogP contribution in [0.3, 0.4) is 0 Å². The fraction of sp³-hybridized carbons (Fsp3) is 0.400. The van der Waals surface area contributed by atoms with Crippen molar-refractivity contribution < 1.29 is 23.5 Å². The second-order valence-corrected chi connectivity index (χ2v) is 2.85. The first-order chi connectivity index (χ1) is 7.15. The van der Waals surface area contributed by atoms with E-state index in [9.17, 15) is 9.59 Å². The molecule has 1 aromatic heterocycles. The van der Waals surface area contributed by atoms with Crippen molar-refractivity contribution in [1.82, 2.24) is 0 Å². The molecule has 1 rings (SSSR count). The maximum Gasteiger partial charge on any atom is 0.374 e. The fourth-order valence-corrected chi connectivity index (χ4v) is 0.926. The number of ketones is 1. The second kappa shape index (κ2) is 5.31. The minimum absolute atomic E-state index is 0.0244. The highest BCUT2D eigenvalue weighted by Crippen LogP contribution is 2.09. The number of Topliss-reactive ketones (excluding diaryl/α,β-unsaturated/α-hetero) is 1. The molecule has 0 amide bonds. The summed E-state index contributed by atoms with van der Waals surface area (Å²) in [5.41, 5.74) is 0. The monoisotopic (exact) mass is 212 g/mol. The zero-order chi connectivity index (χ0) is 11.3. The first kappa shape index (κ1) is 11.5. The van der Waals surface area contributed by atoms with Crippen LogP contribution in [0.25, 0.3) is 0 Å². The first-order valence-corrected chi connectivity index (χ1v) is 4.42. The Kier molecular flexibility index (Phi) is 4.05. The summed E-state index contributed by atoms with van der Waals surface area (Å²) in [6.45, 7) is 1.84. The number of rotatable bonds is 5. The number of carbonyl (C=O) groups excluding carboxylic acids is 2. The van der Waals surface area contributed by atoms with E-state index in [-0.39, 0.29) is 23.9 Å². The van der Waals surface area contributed by atoms with Gasteiger partial charge < -0.3 is 13.9 Å². The molecule has 0 spiro atoms. The van der Waals surface area contributed by atoms with Crippen molar-refractivity contribution in [2.45, 2.75) is 6.92 Å². The lowest BCUT2D eigenvalue weighted by Gasteiger charge is -2.00. The van der Waals surface area contributed by atoms with Gasteiger partial charge in [-0.15, -0.1) is 0 Å². The molecule has 15 heavy (non-hydrogen) atoms. The van der Waals surface area contributed by atoms with E-state index in [2.05, 4.69) is 0 Å². The zero-order valence-electron chi connectivity index (χ0n) is 8.61. The third kappa shape index (κ3) is 3.21. The molecule has 0 atom stereocenters. The summed E-state index contributed by atoms with van der Waals surface area (Å²) < 4.78 is 14.5. The van der Waals surface area contributed by atoms with Crippen molar-refractivity contribution in [2.24, 2.45) is 0 Å². The van der Waals surface area contributed by atoms with Crippen LogP contribution in [0.4, 0.5) is 0 Å². The third-order valence-electron chi connectivity index (χ3n) is 1.67. The molecule has 1 aromatic rings. The van der Waals surface area contributed by atoms with E-state index in [1.807, 2.05) is 0 Å². The Balaban J connectivity index is 2.54. The van der Waals surface area contributed by atoms with Crippen molar-refractivity contribution in [3.63, 3.8) is 0 Å². The Morgan fingerprint density at radius 1 is 1.27 bits per heavy atom. The van der Waals surface area contributed by atoms with E-state index in [0.717, 1.165) is 0 Å². The predicted octanol–water partition coefficient (Wildman–Crippen LogP) is 1.29. The lowest BCUT2D eigenvalue weighted by Crippen LogP contribution is -2.09. The van der Waals surface area contributed by atoms with Gasteiger partial charge in [0.25, 0.3) is 0 Å². The summed E-state index contributed by atoms with van der Waals surface area (Å²) >= 11 is 0. The molecule has 5 heteroatoms. The summed E-state index contributed by atoms with van der Waals surface area (Å²) in [5.74, 6) is -0.657. The Hall–Kier alpha value is -1.62. The van der Waals surface area contributed by atoms with Gasteiger partial charge in [0.1, 0.15) is 6.61 Å². The highest BCUT2D eigenvalue weighted by Gasteiger charge is 2.14. The second-order valence-electron chi connectivity index (χ2n) is 2.85. The minimum atomic E-state index is -0.598. The van der Waals surface area contributed by atoms with Gasteiger partial charge in [-0.05, 0) is 12.1 Å². The van der Waals surface area contributed by atoms with E-state index >= 15 is 0 Å². The molecule has 0 bridgehead atoms. The zero-order valence-corrected chi connectivity index (χ0v) is 8.61. The van der Waals surface area contributed by atoms with Gasteiger partial charge in [-0.3, -0.25) is 4.79 Å². The highest BCUT2D eigenvalue weighted by molar-refractivity contribution is 5.93. The van der Waals surface area contributed by atoms with Gasteiger partial charge in [0, 0.05) is 14.0 Å². The van der Waals surface area contributed by atoms with Crippen LogP contribution in [-0.2, 0) is 9.47 Å². The summed E-state index contributed by atoms with van der Waals surface area (Å²) in [6.07, 6.45) is 0. The maximum atomic E-state index is 11.3. The van der Waals surface area contributed by atoms with Crippen LogP contribution in [0.1, 0.15) is 28.0 Å². The summed E-state index contributed by atoms with van der Waals surface area (Å²) in [5, 5.41) is 0. The Bertz CT molecular complexity index is 352. The van der Waals surface area contributed by atoms with E-state index < -0.39 is 5.97 Å². The van der Waals surface area contributed by atoms with Gasteiger partial charge in [0.15, 0.2) is 11.5 Å². The highest BCUT2D eigenvalue weighted by atomic mass is 16.6. The lowest BCUT2D eigenvalue weighted by molar-refractivity contribution is 0.0353. The predicted molar refractivity (Wildman–Crippen MR) is 50.9 cm³/mol. The summed E-state index contributed by atoms with van der Waals surface area (Å²) in [4.78, 5) is 22.1. The Morgan fingerprint density at radius 2 is 1.93 bits per heavy atom. The van der Waals surface area contributed by atoms with E-state index in [1.54, 1.807) is 0 Å². The largest absolute Gasteiger partial charge is 0.457 e. The maximum absolute atomic E-state index is 11.3. The van der Waals surface area contributed by atoms with E-state index in [4.69, 9.17) is 13.9 Å². The number of methoxy groups -OCH3 is 1. The Morgan fingerprint density at radius 3 is 2.47 bits per heavy atom. The molecule has 82 valence electrons. The number of ether oxygens (including phenoxy) is 2. The van der Waals surface area contributed by atoms with Crippen molar-refractivity contribution in [3.05, 3.63) is 23.7 Å². The van der Waals surface area contributed by atoms with E-state index in [0.29, 0.717) is 6.61 Å². The smallest absolute Gasteiger partial charge is 0.374 e. The molecule has 5 nitrogen and oxygen atoms in total. The van der Waals surface area contributed by atoms with Crippen LogP contribution in [0.5, 0.6) is 0 Å². The van der Waals surface area contributed by atoms with Gasteiger partial charge in [0.05, 0.1) is 6.61 Å². The molecular weight excluding hydrogens is 200 g/mol. The van der Waals surface area contributed by atoms with Crippen LogP contribution in [0, 0.1) is 0 Å². The van der Waals surface area contributed by atoms with Crippen LogP contribution in [0.2, 0.25) is 0 Å². The van der Waals surface area contributed by atoms with Crippen LogP contribution in [0.15, 0.2) is 16.5 Å². The normalized spacial score (nSPS) is 10.0. The third-order valence-corrected chi connectivity index (χ3v) is 1.67. The molecular formula is C10H12O5. The molecule has 0 N–H and O–H groups in total. The van der Waals surface area contributed by atoms with Crippen molar-refractivity contribution in [1.29, 1.82) is 0 Å². The SMILES string of the molecule is COCCOC(=O)c1ccc(C(C)=O)o1. The molecule has 0 radical (unpaired) electrons. The van der Waals surface area contributed by atoms with Gasteiger partial charge in [-0.2, -0.15) is 0 Å². The number of carbonyl (C=O) groups is 2.